The average Bonchev–Trinajstić information content (AvgIpc) is 3.28. The number of aromatic nitrogens is 3. The second-order valence-electron chi connectivity index (χ2n) is 8.04. The Bertz CT molecular complexity index is 1090. The molecule has 0 saturated carbocycles. The lowest BCUT2D eigenvalue weighted by atomic mass is 9.56. The molecule has 2 aliphatic heterocycles. The molecule has 0 N–H and O–H groups in total. The summed E-state index contributed by atoms with van der Waals surface area (Å²) in [6.45, 7) is 5.46. The van der Waals surface area contributed by atoms with E-state index in [1.165, 1.54) is 0 Å². The second kappa shape index (κ2) is 5.18. The number of hydrogen-bond donors (Lipinski definition) is 0. The molecule has 5 rings (SSSR count). The van der Waals surface area contributed by atoms with Crippen LogP contribution in [-0.2, 0) is 20.7 Å². The van der Waals surface area contributed by atoms with E-state index in [4.69, 9.17) is 4.74 Å². The van der Waals surface area contributed by atoms with Crippen LogP contribution in [0, 0.1) is 18.3 Å². The van der Waals surface area contributed by atoms with Gasteiger partial charge in [-0.3, -0.25) is 9.59 Å². The van der Waals surface area contributed by atoms with Gasteiger partial charge in [0.1, 0.15) is 5.92 Å². The van der Waals surface area contributed by atoms with E-state index in [1.807, 2.05) is 26.0 Å². The third kappa shape index (κ3) is 1.83. The molecule has 2 aromatic heterocycles. The highest BCUT2D eigenvalue weighted by Gasteiger charge is 2.71. The first kappa shape index (κ1) is 16.9. The number of carbonyl (C=O) groups excluding carboxylic acids is 3. The summed E-state index contributed by atoms with van der Waals surface area (Å²) in [6.07, 6.45) is 2.07. The van der Waals surface area contributed by atoms with Crippen molar-refractivity contribution < 1.29 is 19.1 Å². The first-order valence-corrected chi connectivity index (χ1v) is 9.00. The topological polar surface area (TPSA) is 116 Å². The van der Waals surface area contributed by atoms with E-state index in [2.05, 4.69) is 20.3 Å². The summed E-state index contributed by atoms with van der Waals surface area (Å²) in [7, 11) is 0. The molecule has 4 heterocycles. The lowest BCUT2D eigenvalue weighted by Gasteiger charge is -2.44. The Hall–Kier alpha value is -3.23. The molecular weight excluding hydrogens is 362 g/mol. The number of aryl methyl sites for hydroxylation is 1. The van der Waals surface area contributed by atoms with E-state index in [1.54, 1.807) is 23.9 Å². The van der Waals surface area contributed by atoms with E-state index in [9.17, 15) is 14.4 Å². The molecule has 9 heteroatoms. The van der Waals surface area contributed by atoms with Crippen molar-refractivity contribution in [3.63, 3.8) is 0 Å². The van der Waals surface area contributed by atoms with Gasteiger partial charge in [0, 0.05) is 11.6 Å². The number of cyclic esters (lactones) is 2. The predicted molar refractivity (Wildman–Crippen MR) is 93.9 cm³/mol. The molecule has 2 aromatic rings. The van der Waals surface area contributed by atoms with Crippen LogP contribution in [0.15, 0.2) is 34.6 Å². The van der Waals surface area contributed by atoms with Crippen LogP contribution in [0.25, 0.3) is 5.82 Å². The van der Waals surface area contributed by atoms with Crippen molar-refractivity contribution in [3.8, 4) is 5.82 Å². The minimum absolute atomic E-state index is 0.346. The Kier molecular flexibility index (Phi) is 3.13. The SMILES string of the molecule is Cc1nn(-c2ccccn2)c2c1C(=O)C1(N=NC3C(=O)OC(=O)C31)C(C)(C)C2. The van der Waals surface area contributed by atoms with Crippen molar-refractivity contribution in [3.05, 3.63) is 41.3 Å². The zero-order chi connectivity index (χ0) is 19.8. The maximum absolute atomic E-state index is 13.8. The molecule has 0 aromatic carbocycles. The number of ether oxygens (including phenoxy) is 1. The summed E-state index contributed by atoms with van der Waals surface area (Å²) >= 11 is 0. The van der Waals surface area contributed by atoms with Gasteiger partial charge in [-0.05, 0) is 25.5 Å². The molecule has 0 bridgehead atoms. The van der Waals surface area contributed by atoms with Crippen LogP contribution in [-0.4, -0.2) is 44.1 Å². The molecule has 28 heavy (non-hydrogen) atoms. The van der Waals surface area contributed by atoms with Crippen LogP contribution in [0.5, 0.6) is 0 Å². The van der Waals surface area contributed by atoms with Gasteiger partial charge in [0.05, 0.1) is 17.0 Å². The summed E-state index contributed by atoms with van der Waals surface area (Å²) in [5.74, 6) is -2.26. The van der Waals surface area contributed by atoms with Gasteiger partial charge in [0.2, 0.25) is 0 Å². The summed E-state index contributed by atoms with van der Waals surface area (Å²) in [5.41, 5.74) is -0.610. The first-order chi connectivity index (χ1) is 13.3. The molecule has 1 fully saturated rings. The number of carbonyl (C=O) groups is 3. The van der Waals surface area contributed by atoms with Crippen molar-refractivity contribution in [2.24, 2.45) is 21.6 Å². The smallest absolute Gasteiger partial charge is 0.341 e. The van der Waals surface area contributed by atoms with Gasteiger partial charge < -0.3 is 4.74 Å². The lowest BCUT2D eigenvalue weighted by molar-refractivity contribution is -0.154. The van der Waals surface area contributed by atoms with E-state index in [-0.39, 0.29) is 5.78 Å². The Labute approximate surface area is 159 Å². The van der Waals surface area contributed by atoms with Crippen LogP contribution in [0.1, 0.15) is 35.6 Å². The van der Waals surface area contributed by atoms with E-state index in [0.29, 0.717) is 29.2 Å². The van der Waals surface area contributed by atoms with E-state index < -0.39 is 34.9 Å². The van der Waals surface area contributed by atoms with Gasteiger partial charge >= 0.3 is 11.9 Å². The zero-order valence-corrected chi connectivity index (χ0v) is 15.5. The number of pyridine rings is 1. The van der Waals surface area contributed by atoms with E-state index >= 15 is 0 Å². The molecule has 0 radical (unpaired) electrons. The number of azo groups is 1. The number of esters is 2. The highest BCUT2D eigenvalue weighted by molar-refractivity contribution is 6.13. The fourth-order valence-electron chi connectivity index (χ4n) is 4.71. The van der Waals surface area contributed by atoms with Crippen LogP contribution < -0.4 is 0 Å². The van der Waals surface area contributed by atoms with Crippen molar-refractivity contribution in [2.45, 2.75) is 38.8 Å². The Morgan fingerprint density at radius 3 is 2.68 bits per heavy atom. The lowest BCUT2D eigenvalue weighted by Crippen LogP contribution is -2.60. The third-order valence-corrected chi connectivity index (χ3v) is 6.04. The average molecular weight is 379 g/mol. The Morgan fingerprint density at radius 1 is 1.18 bits per heavy atom. The van der Waals surface area contributed by atoms with Crippen molar-refractivity contribution in [2.75, 3.05) is 0 Å². The molecule has 142 valence electrons. The summed E-state index contributed by atoms with van der Waals surface area (Å²) in [6, 6.07) is 4.41. The summed E-state index contributed by atoms with van der Waals surface area (Å²) < 4.78 is 6.44. The zero-order valence-electron chi connectivity index (χ0n) is 15.5. The van der Waals surface area contributed by atoms with Crippen molar-refractivity contribution in [1.29, 1.82) is 0 Å². The number of ketones is 1. The number of Topliss-reactive ketones (excluding diaryl/α,β-unsaturated/α-hetero) is 1. The molecule has 1 saturated heterocycles. The van der Waals surface area contributed by atoms with Gasteiger partial charge in [-0.15, -0.1) is 0 Å². The van der Waals surface area contributed by atoms with Crippen LogP contribution in [0.4, 0.5) is 0 Å². The predicted octanol–water partition coefficient (Wildman–Crippen LogP) is 1.61. The number of rotatable bonds is 1. The molecule has 0 amide bonds. The Morgan fingerprint density at radius 2 is 1.96 bits per heavy atom. The van der Waals surface area contributed by atoms with Gasteiger partial charge in [0.25, 0.3) is 0 Å². The molecule has 1 spiro atoms. The molecule has 3 atom stereocenters. The maximum atomic E-state index is 13.8. The molecule has 3 aliphatic rings. The number of nitrogens with zero attached hydrogens (tertiary/aromatic N) is 5. The summed E-state index contributed by atoms with van der Waals surface area (Å²) in [4.78, 5) is 42.5. The van der Waals surface area contributed by atoms with Crippen LogP contribution in [0.3, 0.4) is 0 Å². The fraction of sp³-hybridized carbons (Fsp3) is 0.421. The highest BCUT2D eigenvalue weighted by atomic mass is 16.6. The van der Waals surface area contributed by atoms with Gasteiger partial charge in [0.15, 0.2) is 23.2 Å². The quantitative estimate of drug-likeness (QED) is 0.549. The minimum Gasteiger partial charge on any atom is -0.391 e. The van der Waals surface area contributed by atoms with Crippen LogP contribution >= 0.6 is 0 Å². The maximum Gasteiger partial charge on any atom is 0.341 e. The van der Waals surface area contributed by atoms with Gasteiger partial charge in [-0.1, -0.05) is 19.9 Å². The second-order valence-corrected chi connectivity index (χ2v) is 8.04. The molecule has 3 unspecified atom stereocenters. The fourth-order valence-corrected chi connectivity index (χ4v) is 4.71. The highest BCUT2D eigenvalue weighted by Crippen LogP contribution is 2.55. The van der Waals surface area contributed by atoms with Crippen molar-refractivity contribution >= 4 is 17.7 Å². The standard InChI is InChI=1S/C19H17N5O4/c1-9-12-10(24(22-9)11-6-4-5-7-20-11)8-18(2,3)19(15(12)25)13-14(21-23-19)17(27)28-16(13)26/h4-7,13-14H,8H2,1-3H3. The van der Waals surface area contributed by atoms with Gasteiger partial charge in [-0.25, -0.2) is 14.5 Å². The monoisotopic (exact) mass is 379 g/mol. The van der Waals surface area contributed by atoms with E-state index in [0.717, 1.165) is 0 Å². The van der Waals surface area contributed by atoms with Gasteiger partial charge in [-0.2, -0.15) is 15.3 Å². The number of fused-ring (bicyclic) bond motifs is 3. The molecular formula is C19H17N5O4. The first-order valence-electron chi connectivity index (χ1n) is 9.00. The molecule has 9 nitrogen and oxygen atoms in total. The normalized spacial score (nSPS) is 29.9. The minimum atomic E-state index is -1.48. The third-order valence-electron chi connectivity index (χ3n) is 6.04. The molecule has 1 aliphatic carbocycles. The number of hydrogen-bond acceptors (Lipinski definition) is 8. The van der Waals surface area contributed by atoms with Crippen molar-refractivity contribution in [1.82, 2.24) is 14.8 Å². The van der Waals surface area contributed by atoms with Crippen LogP contribution in [0.2, 0.25) is 0 Å². The largest absolute Gasteiger partial charge is 0.391 e. The summed E-state index contributed by atoms with van der Waals surface area (Å²) in [5, 5.41) is 12.8. The Balaban J connectivity index is 1.72.